The van der Waals surface area contributed by atoms with Gasteiger partial charge in [0.1, 0.15) is 6.10 Å². The number of nitrogens with zero attached hydrogens (tertiary/aromatic N) is 1. The Balaban J connectivity index is 1.71. The van der Waals surface area contributed by atoms with Gasteiger partial charge in [0.2, 0.25) is 0 Å². The predicted octanol–water partition coefficient (Wildman–Crippen LogP) is 0.355. The zero-order valence-corrected chi connectivity index (χ0v) is 10.5. The van der Waals surface area contributed by atoms with Crippen LogP contribution in [0.15, 0.2) is 0 Å². The average Bonchev–Trinajstić information content (AvgIpc) is 2.34. The van der Waals surface area contributed by atoms with Crippen LogP contribution >= 0.6 is 0 Å². The molecule has 3 N–H and O–H groups in total. The third-order valence-electron chi connectivity index (χ3n) is 4.26. The number of aliphatic hydroxyl groups is 3. The van der Waals surface area contributed by atoms with Gasteiger partial charge in [-0.05, 0) is 18.9 Å². The predicted molar refractivity (Wildman–Crippen MR) is 65.7 cm³/mol. The van der Waals surface area contributed by atoms with Gasteiger partial charge < -0.3 is 15.3 Å². The van der Waals surface area contributed by atoms with Crippen LogP contribution in [0.3, 0.4) is 0 Å². The number of rotatable bonds is 3. The van der Waals surface area contributed by atoms with Crippen molar-refractivity contribution < 1.29 is 15.3 Å². The number of hydrogen-bond donors (Lipinski definition) is 3. The first-order valence-corrected chi connectivity index (χ1v) is 6.93. The zero-order valence-electron chi connectivity index (χ0n) is 10.5. The molecule has 17 heavy (non-hydrogen) atoms. The maximum absolute atomic E-state index is 9.60. The van der Waals surface area contributed by atoms with Gasteiger partial charge in [-0.3, -0.25) is 4.90 Å². The number of β-amino-alcohol motifs (C(OH)–C–C–N with tert-alkyl or cyclic N) is 2. The molecule has 1 saturated carbocycles. The topological polar surface area (TPSA) is 63.9 Å². The van der Waals surface area contributed by atoms with E-state index in [0.717, 1.165) is 18.9 Å². The molecule has 0 spiro atoms. The molecule has 1 aliphatic carbocycles. The second-order valence-electron chi connectivity index (χ2n) is 5.68. The summed E-state index contributed by atoms with van der Waals surface area (Å²) in [6, 6.07) is 0. The van der Waals surface area contributed by atoms with Gasteiger partial charge in [0.05, 0.1) is 12.2 Å². The van der Waals surface area contributed by atoms with Gasteiger partial charge >= 0.3 is 0 Å². The molecule has 1 saturated heterocycles. The van der Waals surface area contributed by atoms with Crippen molar-refractivity contribution in [3.05, 3.63) is 0 Å². The van der Waals surface area contributed by atoms with Crippen molar-refractivity contribution in [3.8, 4) is 0 Å². The van der Waals surface area contributed by atoms with Crippen molar-refractivity contribution in [2.75, 3.05) is 19.6 Å². The summed E-state index contributed by atoms with van der Waals surface area (Å²) in [6.45, 7) is 1.92. The van der Waals surface area contributed by atoms with Crippen LogP contribution in [0, 0.1) is 5.92 Å². The Morgan fingerprint density at radius 3 is 2.06 bits per heavy atom. The lowest BCUT2D eigenvalue weighted by atomic mass is 9.86. The van der Waals surface area contributed by atoms with E-state index in [2.05, 4.69) is 4.90 Å². The summed E-state index contributed by atoms with van der Waals surface area (Å²) in [4.78, 5) is 2.08. The van der Waals surface area contributed by atoms with Crippen LogP contribution < -0.4 is 0 Å². The molecule has 0 radical (unpaired) electrons. The highest BCUT2D eigenvalue weighted by molar-refractivity contribution is 4.86. The Morgan fingerprint density at radius 2 is 1.47 bits per heavy atom. The first kappa shape index (κ1) is 13.3. The lowest BCUT2D eigenvalue weighted by Gasteiger charge is -2.37. The number of piperidine rings is 1. The molecular formula is C13H25NO3. The molecular weight excluding hydrogens is 218 g/mol. The van der Waals surface area contributed by atoms with Gasteiger partial charge in [-0.15, -0.1) is 0 Å². The minimum absolute atomic E-state index is 0.491. The third kappa shape index (κ3) is 3.65. The summed E-state index contributed by atoms with van der Waals surface area (Å²) in [5.74, 6) is 0.824. The second-order valence-corrected chi connectivity index (χ2v) is 5.68. The number of likely N-dealkylation sites (tertiary alicyclic amines) is 1. The monoisotopic (exact) mass is 243 g/mol. The van der Waals surface area contributed by atoms with Gasteiger partial charge in [0, 0.05) is 13.1 Å². The molecule has 2 atom stereocenters. The van der Waals surface area contributed by atoms with E-state index in [1.165, 1.54) is 32.1 Å². The summed E-state index contributed by atoms with van der Waals surface area (Å²) >= 11 is 0. The Morgan fingerprint density at radius 1 is 0.882 bits per heavy atom. The summed E-state index contributed by atoms with van der Waals surface area (Å²) in [6.07, 6.45) is 5.35. The summed E-state index contributed by atoms with van der Waals surface area (Å²) in [5.41, 5.74) is 0. The van der Waals surface area contributed by atoms with Gasteiger partial charge in [-0.25, -0.2) is 0 Å². The van der Waals surface area contributed by atoms with Crippen molar-refractivity contribution in [3.63, 3.8) is 0 Å². The van der Waals surface area contributed by atoms with Crippen LogP contribution in [-0.2, 0) is 0 Å². The summed E-state index contributed by atoms with van der Waals surface area (Å²) < 4.78 is 0. The van der Waals surface area contributed by atoms with E-state index in [9.17, 15) is 15.3 Å². The molecule has 4 heteroatoms. The maximum atomic E-state index is 9.60. The van der Waals surface area contributed by atoms with Crippen molar-refractivity contribution in [1.82, 2.24) is 4.90 Å². The molecule has 2 fully saturated rings. The fourth-order valence-corrected chi connectivity index (χ4v) is 3.10. The van der Waals surface area contributed by atoms with Crippen LogP contribution in [0.5, 0.6) is 0 Å². The number of hydrogen-bond acceptors (Lipinski definition) is 4. The molecule has 2 rings (SSSR count). The minimum atomic E-state index is -0.971. The van der Waals surface area contributed by atoms with E-state index in [4.69, 9.17) is 0 Å². The molecule has 1 aliphatic heterocycles. The average molecular weight is 243 g/mol. The Hall–Kier alpha value is -0.160. The van der Waals surface area contributed by atoms with E-state index in [0.29, 0.717) is 13.1 Å². The van der Waals surface area contributed by atoms with Crippen LogP contribution in [-0.4, -0.2) is 58.2 Å². The highest BCUT2D eigenvalue weighted by Crippen LogP contribution is 2.26. The molecule has 0 aromatic rings. The van der Waals surface area contributed by atoms with E-state index in [1.807, 2.05) is 0 Å². The highest BCUT2D eigenvalue weighted by atomic mass is 16.4. The molecule has 1 heterocycles. The van der Waals surface area contributed by atoms with Crippen molar-refractivity contribution >= 4 is 0 Å². The Labute approximate surface area is 103 Å². The molecule has 0 aromatic carbocycles. The maximum Gasteiger partial charge on any atom is 0.108 e. The Bertz CT molecular complexity index is 219. The zero-order chi connectivity index (χ0) is 12.3. The summed E-state index contributed by atoms with van der Waals surface area (Å²) in [5, 5.41) is 28.7. The van der Waals surface area contributed by atoms with Crippen LogP contribution in [0.2, 0.25) is 0 Å². The van der Waals surface area contributed by atoms with E-state index >= 15 is 0 Å². The quantitative estimate of drug-likeness (QED) is 0.669. The standard InChI is InChI=1S/C13H25NO3/c15-11-8-14(9-12(16)13(11)17)7-6-10-4-2-1-3-5-10/h10-13,15-17H,1-9H2. The highest BCUT2D eigenvalue weighted by Gasteiger charge is 2.33. The summed E-state index contributed by atoms with van der Waals surface area (Å²) in [7, 11) is 0. The third-order valence-corrected chi connectivity index (χ3v) is 4.26. The first-order valence-electron chi connectivity index (χ1n) is 6.93. The van der Waals surface area contributed by atoms with E-state index in [1.54, 1.807) is 0 Å². The van der Waals surface area contributed by atoms with Crippen LogP contribution in [0.1, 0.15) is 38.5 Å². The van der Waals surface area contributed by atoms with Gasteiger partial charge in [0.15, 0.2) is 0 Å². The van der Waals surface area contributed by atoms with Crippen LogP contribution in [0.4, 0.5) is 0 Å². The molecule has 2 unspecified atom stereocenters. The smallest absolute Gasteiger partial charge is 0.108 e. The number of aliphatic hydroxyl groups excluding tert-OH is 3. The van der Waals surface area contributed by atoms with Gasteiger partial charge in [0.25, 0.3) is 0 Å². The van der Waals surface area contributed by atoms with Crippen molar-refractivity contribution in [2.24, 2.45) is 5.92 Å². The lowest BCUT2D eigenvalue weighted by molar-refractivity contribution is -0.110. The fraction of sp³-hybridized carbons (Fsp3) is 1.00. The van der Waals surface area contributed by atoms with Gasteiger partial charge in [-0.1, -0.05) is 32.1 Å². The molecule has 2 aliphatic rings. The van der Waals surface area contributed by atoms with E-state index < -0.39 is 18.3 Å². The lowest BCUT2D eigenvalue weighted by Crippen LogP contribution is -2.55. The second kappa shape index (κ2) is 6.14. The molecule has 0 amide bonds. The fourth-order valence-electron chi connectivity index (χ4n) is 3.10. The SMILES string of the molecule is OC1CN(CCC2CCCCC2)CC(O)C1O. The van der Waals surface area contributed by atoms with Crippen molar-refractivity contribution in [1.29, 1.82) is 0 Å². The Kier molecular flexibility index (Phi) is 4.79. The largest absolute Gasteiger partial charge is 0.389 e. The molecule has 4 nitrogen and oxygen atoms in total. The molecule has 0 aromatic heterocycles. The van der Waals surface area contributed by atoms with Crippen LogP contribution in [0.25, 0.3) is 0 Å². The normalized spacial score (nSPS) is 37.2. The molecule has 100 valence electrons. The van der Waals surface area contributed by atoms with E-state index in [-0.39, 0.29) is 0 Å². The first-order chi connectivity index (χ1) is 8.16. The van der Waals surface area contributed by atoms with Crippen molar-refractivity contribution in [2.45, 2.75) is 56.8 Å². The van der Waals surface area contributed by atoms with Gasteiger partial charge in [-0.2, -0.15) is 0 Å². The minimum Gasteiger partial charge on any atom is -0.389 e. The molecule has 0 bridgehead atoms.